The number of nitrogens with zero attached hydrogens (tertiary/aromatic N) is 3. The van der Waals surface area contributed by atoms with Crippen molar-refractivity contribution < 1.29 is 0 Å². The van der Waals surface area contributed by atoms with E-state index in [1.165, 1.54) is 17.7 Å². The Labute approximate surface area is 119 Å². The zero-order valence-corrected chi connectivity index (χ0v) is 12.9. The summed E-state index contributed by atoms with van der Waals surface area (Å²) in [4.78, 5) is 12.4. The molecule has 4 nitrogen and oxygen atoms in total. The molecule has 5 heteroatoms. The molecule has 0 bridgehead atoms. The van der Waals surface area contributed by atoms with Gasteiger partial charge in [0.2, 0.25) is 0 Å². The van der Waals surface area contributed by atoms with Crippen LogP contribution in [0.2, 0.25) is 0 Å². The van der Waals surface area contributed by atoms with E-state index < -0.39 is 0 Å². The number of guanidine groups is 1. The van der Waals surface area contributed by atoms with Gasteiger partial charge in [0.15, 0.2) is 5.96 Å². The van der Waals surface area contributed by atoms with E-state index in [4.69, 9.17) is 5.73 Å². The molecule has 2 unspecified atom stereocenters. The van der Waals surface area contributed by atoms with Crippen molar-refractivity contribution in [2.75, 3.05) is 19.6 Å². The number of hydrogen-bond donors (Lipinski definition) is 1. The minimum atomic E-state index is 0.347. The number of aryl methyl sites for hydroxylation is 1. The largest absolute Gasteiger partial charge is 0.370 e. The molecule has 1 aliphatic rings. The predicted molar refractivity (Wildman–Crippen MR) is 81.7 cm³/mol. The summed E-state index contributed by atoms with van der Waals surface area (Å²) >= 11 is 1.75. The third-order valence-electron chi connectivity index (χ3n) is 3.57. The van der Waals surface area contributed by atoms with Gasteiger partial charge in [0.1, 0.15) is 0 Å². The Balaban J connectivity index is 1.90. The molecule has 0 radical (unpaired) electrons. The standard InChI is InChI=1S/C14H24N4S/c1-10-5-4-6-18(9-10)14(15)17-7-11(2)13-16-8-12(3)19-13/h8,10-11H,4-7,9H2,1-3H3,(H2,15,17). The number of aliphatic imine (C=N–C) groups is 1. The Morgan fingerprint density at radius 3 is 3.11 bits per heavy atom. The molecule has 2 atom stereocenters. The maximum Gasteiger partial charge on any atom is 0.191 e. The Kier molecular flexibility index (Phi) is 4.80. The molecule has 1 aliphatic heterocycles. The fraction of sp³-hybridized carbons (Fsp3) is 0.714. The topological polar surface area (TPSA) is 54.5 Å². The summed E-state index contributed by atoms with van der Waals surface area (Å²) in [6.45, 7) is 9.34. The fourth-order valence-corrected chi connectivity index (χ4v) is 3.22. The average molecular weight is 280 g/mol. The normalized spacial score (nSPS) is 22.6. The maximum atomic E-state index is 6.10. The second kappa shape index (κ2) is 6.37. The van der Waals surface area contributed by atoms with Gasteiger partial charge in [-0.15, -0.1) is 11.3 Å². The van der Waals surface area contributed by atoms with Gasteiger partial charge < -0.3 is 10.6 Å². The summed E-state index contributed by atoms with van der Waals surface area (Å²) in [5.41, 5.74) is 6.10. The SMILES string of the molecule is Cc1cnc(C(C)CN=C(N)N2CCCC(C)C2)s1. The molecule has 2 heterocycles. The van der Waals surface area contributed by atoms with Crippen molar-refractivity contribution in [3.05, 3.63) is 16.1 Å². The number of nitrogens with two attached hydrogens (primary N) is 1. The van der Waals surface area contributed by atoms with E-state index in [9.17, 15) is 0 Å². The Morgan fingerprint density at radius 1 is 1.68 bits per heavy atom. The van der Waals surface area contributed by atoms with Crippen LogP contribution >= 0.6 is 11.3 Å². The lowest BCUT2D eigenvalue weighted by atomic mass is 10.0. The van der Waals surface area contributed by atoms with Crippen molar-refractivity contribution in [2.45, 2.75) is 39.5 Å². The van der Waals surface area contributed by atoms with Gasteiger partial charge in [0.25, 0.3) is 0 Å². The Bertz CT molecular complexity index is 440. The van der Waals surface area contributed by atoms with Gasteiger partial charge >= 0.3 is 0 Å². The van der Waals surface area contributed by atoms with Crippen molar-refractivity contribution >= 4 is 17.3 Å². The van der Waals surface area contributed by atoms with E-state index in [2.05, 4.69) is 35.6 Å². The lowest BCUT2D eigenvalue weighted by Crippen LogP contribution is -2.43. The number of likely N-dealkylation sites (tertiary alicyclic amines) is 1. The van der Waals surface area contributed by atoms with Crippen molar-refractivity contribution in [2.24, 2.45) is 16.6 Å². The summed E-state index contributed by atoms with van der Waals surface area (Å²) in [6, 6.07) is 0. The summed E-state index contributed by atoms with van der Waals surface area (Å²) in [7, 11) is 0. The number of piperidine rings is 1. The van der Waals surface area contributed by atoms with Crippen LogP contribution in [0.5, 0.6) is 0 Å². The smallest absolute Gasteiger partial charge is 0.191 e. The lowest BCUT2D eigenvalue weighted by Gasteiger charge is -2.31. The van der Waals surface area contributed by atoms with Crippen LogP contribution in [0.3, 0.4) is 0 Å². The summed E-state index contributed by atoms with van der Waals surface area (Å²) in [5.74, 6) is 1.77. The number of rotatable bonds is 3. The highest BCUT2D eigenvalue weighted by atomic mass is 32.1. The molecule has 0 aromatic carbocycles. The van der Waals surface area contributed by atoms with Gasteiger partial charge in [-0.1, -0.05) is 13.8 Å². The van der Waals surface area contributed by atoms with E-state index in [0.717, 1.165) is 30.6 Å². The monoisotopic (exact) mass is 280 g/mol. The third kappa shape index (κ3) is 3.93. The van der Waals surface area contributed by atoms with Crippen LogP contribution in [0.4, 0.5) is 0 Å². The molecule has 0 spiro atoms. The van der Waals surface area contributed by atoms with Gasteiger partial charge in [-0.05, 0) is 25.7 Å². The first-order valence-electron chi connectivity index (χ1n) is 7.03. The highest BCUT2D eigenvalue weighted by molar-refractivity contribution is 7.11. The zero-order chi connectivity index (χ0) is 13.8. The molecule has 0 saturated carbocycles. The molecule has 1 fully saturated rings. The van der Waals surface area contributed by atoms with Crippen LogP contribution < -0.4 is 5.73 Å². The fourth-order valence-electron chi connectivity index (χ4n) is 2.41. The summed E-state index contributed by atoms with van der Waals surface area (Å²) < 4.78 is 0. The first-order valence-corrected chi connectivity index (χ1v) is 7.85. The van der Waals surface area contributed by atoms with Gasteiger partial charge in [-0.3, -0.25) is 4.99 Å². The van der Waals surface area contributed by atoms with Crippen LogP contribution in [0.15, 0.2) is 11.2 Å². The quantitative estimate of drug-likeness (QED) is 0.684. The highest BCUT2D eigenvalue weighted by Gasteiger charge is 2.18. The average Bonchev–Trinajstić information content (AvgIpc) is 2.82. The van der Waals surface area contributed by atoms with Gasteiger partial charge in [-0.2, -0.15) is 0 Å². The van der Waals surface area contributed by atoms with Crippen molar-refractivity contribution in [1.82, 2.24) is 9.88 Å². The minimum Gasteiger partial charge on any atom is -0.370 e. The van der Waals surface area contributed by atoms with Crippen molar-refractivity contribution in [3.63, 3.8) is 0 Å². The van der Waals surface area contributed by atoms with E-state index in [1.54, 1.807) is 11.3 Å². The van der Waals surface area contributed by atoms with Crippen LogP contribution in [-0.2, 0) is 0 Å². The van der Waals surface area contributed by atoms with Crippen molar-refractivity contribution in [3.8, 4) is 0 Å². The Hall–Kier alpha value is -1.10. The molecular weight excluding hydrogens is 256 g/mol. The molecule has 2 N–H and O–H groups in total. The summed E-state index contributed by atoms with van der Waals surface area (Å²) in [5, 5.41) is 1.15. The minimum absolute atomic E-state index is 0.347. The van der Waals surface area contributed by atoms with Crippen LogP contribution in [0.1, 0.15) is 42.5 Å². The predicted octanol–water partition coefficient (Wildman–Crippen LogP) is 2.60. The van der Waals surface area contributed by atoms with Crippen LogP contribution in [0.25, 0.3) is 0 Å². The first kappa shape index (κ1) is 14.3. The first-order chi connectivity index (χ1) is 9.06. The second-order valence-corrected chi connectivity index (χ2v) is 6.87. The molecule has 0 amide bonds. The van der Waals surface area contributed by atoms with Crippen LogP contribution in [-0.4, -0.2) is 35.5 Å². The van der Waals surface area contributed by atoms with Gasteiger partial charge in [0.05, 0.1) is 11.6 Å². The zero-order valence-electron chi connectivity index (χ0n) is 12.1. The number of thiazole rings is 1. The highest BCUT2D eigenvalue weighted by Crippen LogP contribution is 2.21. The molecule has 1 saturated heterocycles. The molecule has 1 aromatic rings. The maximum absolute atomic E-state index is 6.10. The van der Waals surface area contributed by atoms with E-state index in [1.807, 2.05) is 6.20 Å². The second-order valence-electron chi connectivity index (χ2n) is 5.60. The van der Waals surface area contributed by atoms with Gasteiger partial charge in [-0.25, -0.2) is 4.98 Å². The lowest BCUT2D eigenvalue weighted by molar-refractivity contribution is 0.270. The molecular formula is C14H24N4S. The summed E-state index contributed by atoms with van der Waals surface area (Å²) in [6.07, 6.45) is 4.45. The van der Waals surface area contributed by atoms with E-state index >= 15 is 0 Å². The molecule has 19 heavy (non-hydrogen) atoms. The van der Waals surface area contributed by atoms with Crippen molar-refractivity contribution in [1.29, 1.82) is 0 Å². The van der Waals surface area contributed by atoms with Crippen LogP contribution in [0, 0.1) is 12.8 Å². The van der Waals surface area contributed by atoms with E-state index in [0.29, 0.717) is 11.9 Å². The molecule has 1 aromatic heterocycles. The Morgan fingerprint density at radius 2 is 2.47 bits per heavy atom. The number of hydrogen-bond acceptors (Lipinski definition) is 3. The third-order valence-corrected chi connectivity index (χ3v) is 4.71. The molecule has 106 valence electrons. The van der Waals surface area contributed by atoms with Gasteiger partial charge in [0, 0.05) is 30.1 Å². The van der Waals surface area contributed by atoms with E-state index in [-0.39, 0.29) is 0 Å². The molecule has 0 aliphatic carbocycles. The number of aromatic nitrogens is 1. The molecule has 2 rings (SSSR count).